The molecule has 0 fully saturated rings. The average Bonchev–Trinajstić information content (AvgIpc) is 2.48. The van der Waals surface area contributed by atoms with Crippen LogP contribution in [0.1, 0.15) is 29.2 Å². The van der Waals surface area contributed by atoms with Gasteiger partial charge < -0.3 is 0 Å². The quantitative estimate of drug-likeness (QED) is 0.611. The van der Waals surface area contributed by atoms with E-state index < -0.39 is 0 Å². The highest BCUT2D eigenvalue weighted by Gasteiger charge is 2.07. The molecule has 0 bridgehead atoms. The van der Waals surface area contributed by atoms with Crippen molar-refractivity contribution >= 4 is 10.9 Å². The molecule has 0 N–H and O–H groups in total. The van der Waals surface area contributed by atoms with Gasteiger partial charge in [0.25, 0.3) is 0 Å². The van der Waals surface area contributed by atoms with Crippen LogP contribution in [-0.2, 0) is 6.42 Å². The zero-order valence-corrected chi connectivity index (χ0v) is 13.2. The molecule has 21 heavy (non-hydrogen) atoms. The number of rotatable bonds is 2. The van der Waals surface area contributed by atoms with Gasteiger partial charge in [0.15, 0.2) is 0 Å². The van der Waals surface area contributed by atoms with Gasteiger partial charge in [-0.05, 0) is 68.1 Å². The Labute approximate surface area is 126 Å². The zero-order chi connectivity index (χ0) is 15.0. The number of hydrogen-bond donors (Lipinski definition) is 0. The molecular weight excluding hydrogens is 254 g/mol. The summed E-state index contributed by atoms with van der Waals surface area (Å²) >= 11 is 0. The van der Waals surface area contributed by atoms with Crippen LogP contribution in [0.2, 0.25) is 0 Å². The minimum absolute atomic E-state index is 1.06. The van der Waals surface area contributed by atoms with Crippen molar-refractivity contribution in [1.29, 1.82) is 0 Å². The van der Waals surface area contributed by atoms with Gasteiger partial charge in [0.1, 0.15) is 0 Å². The first-order valence-electron chi connectivity index (χ1n) is 7.56. The fourth-order valence-corrected chi connectivity index (χ4v) is 2.87. The maximum atomic E-state index is 4.88. The Hall–Kier alpha value is -2.15. The predicted octanol–water partition coefficient (Wildman–Crippen LogP) is 5.39. The summed E-state index contributed by atoms with van der Waals surface area (Å²) in [7, 11) is 0. The predicted molar refractivity (Wildman–Crippen MR) is 90.8 cm³/mol. The number of aryl methyl sites for hydroxylation is 4. The molecule has 0 radical (unpaired) electrons. The molecule has 1 aromatic heterocycles. The molecule has 3 aromatic rings. The van der Waals surface area contributed by atoms with Gasteiger partial charge in [0.2, 0.25) is 0 Å². The summed E-state index contributed by atoms with van der Waals surface area (Å²) in [5.74, 6) is 0. The van der Waals surface area contributed by atoms with Gasteiger partial charge in [0.05, 0.1) is 11.2 Å². The zero-order valence-electron chi connectivity index (χ0n) is 13.2. The summed E-state index contributed by atoms with van der Waals surface area (Å²) in [6.45, 7) is 8.64. The average molecular weight is 275 g/mol. The van der Waals surface area contributed by atoms with Gasteiger partial charge in [0, 0.05) is 10.9 Å². The maximum absolute atomic E-state index is 4.88. The number of fused-ring (bicyclic) bond motifs is 1. The van der Waals surface area contributed by atoms with Crippen LogP contribution in [0, 0.1) is 20.8 Å². The molecule has 0 saturated heterocycles. The molecule has 0 aliphatic carbocycles. The first-order valence-corrected chi connectivity index (χ1v) is 7.56. The highest BCUT2D eigenvalue weighted by Crippen LogP contribution is 2.26. The Kier molecular flexibility index (Phi) is 3.50. The molecular formula is C20H21N. The molecule has 0 amide bonds. The summed E-state index contributed by atoms with van der Waals surface area (Å²) in [5.41, 5.74) is 8.66. The number of aromatic nitrogens is 1. The van der Waals surface area contributed by atoms with Crippen LogP contribution >= 0.6 is 0 Å². The summed E-state index contributed by atoms with van der Waals surface area (Å²) in [5, 5.41) is 1.23. The molecule has 0 unspecified atom stereocenters. The lowest BCUT2D eigenvalue weighted by Crippen LogP contribution is -1.92. The van der Waals surface area contributed by atoms with E-state index in [0.29, 0.717) is 0 Å². The summed E-state index contributed by atoms with van der Waals surface area (Å²) in [4.78, 5) is 4.88. The fraction of sp³-hybridized carbons (Fsp3) is 0.250. The number of benzene rings is 2. The second kappa shape index (κ2) is 5.33. The van der Waals surface area contributed by atoms with Crippen LogP contribution in [0.4, 0.5) is 0 Å². The van der Waals surface area contributed by atoms with Crippen molar-refractivity contribution in [2.24, 2.45) is 0 Å². The van der Waals surface area contributed by atoms with E-state index in [1.165, 1.54) is 33.2 Å². The summed E-state index contributed by atoms with van der Waals surface area (Å²) in [6, 6.07) is 15.3. The Balaban J connectivity index is 2.19. The highest BCUT2D eigenvalue weighted by atomic mass is 14.7. The summed E-state index contributed by atoms with van der Waals surface area (Å²) in [6.07, 6.45) is 1.07. The second-order valence-electron chi connectivity index (χ2n) is 5.84. The van der Waals surface area contributed by atoms with Crippen molar-refractivity contribution in [2.45, 2.75) is 34.1 Å². The van der Waals surface area contributed by atoms with E-state index in [9.17, 15) is 0 Å². The van der Waals surface area contributed by atoms with Gasteiger partial charge in [-0.2, -0.15) is 0 Å². The van der Waals surface area contributed by atoms with Crippen molar-refractivity contribution < 1.29 is 0 Å². The minimum Gasteiger partial charge on any atom is -0.248 e. The van der Waals surface area contributed by atoms with Crippen LogP contribution in [0.15, 0.2) is 42.5 Å². The van der Waals surface area contributed by atoms with Crippen molar-refractivity contribution in [3.63, 3.8) is 0 Å². The Morgan fingerprint density at radius 3 is 2.43 bits per heavy atom. The van der Waals surface area contributed by atoms with Crippen LogP contribution in [0.5, 0.6) is 0 Å². The van der Waals surface area contributed by atoms with E-state index in [0.717, 1.165) is 17.6 Å². The first kappa shape index (κ1) is 13.8. The van der Waals surface area contributed by atoms with Gasteiger partial charge in [-0.3, -0.25) is 0 Å². The third kappa shape index (κ3) is 2.56. The van der Waals surface area contributed by atoms with Gasteiger partial charge >= 0.3 is 0 Å². The monoisotopic (exact) mass is 275 g/mol. The Bertz CT molecular complexity index is 815. The SMILES string of the molecule is CCc1cc2ccc(-c3cc(C)ccc3C)nc2cc1C. The van der Waals surface area contributed by atoms with Crippen molar-refractivity contribution in [3.05, 3.63) is 64.7 Å². The van der Waals surface area contributed by atoms with Crippen LogP contribution in [0.25, 0.3) is 22.2 Å². The topological polar surface area (TPSA) is 12.9 Å². The number of hydrogen-bond acceptors (Lipinski definition) is 1. The standard InChI is InChI=1S/C20H21N/c1-5-16-12-17-8-9-19(21-20(17)11-15(16)4)18-10-13(2)6-7-14(18)3/h6-12H,5H2,1-4H3. The minimum atomic E-state index is 1.06. The van der Waals surface area contributed by atoms with E-state index in [-0.39, 0.29) is 0 Å². The molecule has 1 heterocycles. The molecule has 0 atom stereocenters. The molecule has 0 saturated carbocycles. The van der Waals surface area contributed by atoms with Gasteiger partial charge in [-0.15, -0.1) is 0 Å². The van der Waals surface area contributed by atoms with Crippen molar-refractivity contribution in [1.82, 2.24) is 4.98 Å². The third-order valence-electron chi connectivity index (χ3n) is 4.20. The molecule has 106 valence electrons. The second-order valence-corrected chi connectivity index (χ2v) is 5.84. The Morgan fingerprint density at radius 1 is 0.857 bits per heavy atom. The van der Waals surface area contributed by atoms with E-state index in [2.05, 4.69) is 70.2 Å². The lowest BCUT2D eigenvalue weighted by atomic mass is 10.00. The largest absolute Gasteiger partial charge is 0.248 e. The molecule has 0 aliphatic rings. The molecule has 2 aromatic carbocycles. The maximum Gasteiger partial charge on any atom is 0.0712 e. The molecule has 0 spiro atoms. The van der Waals surface area contributed by atoms with Crippen LogP contribution in [-0.4, -0.2) is 4.98 Å². The highest BCUT2D eigenvalue weighted by molar-refractivity contribution is 5.83. The number of pyridine rings is 1. The summed E-state index contributed by atoms with van der Waals surface area (Å²) < 4.78 is 0. The Morgan fingerprint density at radius 2 is 1.67 bits per heavy atom. The lowest BCUT2D eigenvalue weighted by molar-refractivity contribution is 1.11. The van der Waals surface area contributed by atoms with Gasteiger partial charge in [-0.25, -0.2) is 4.98 Å². The molecule has 1 nitrogen and oxygen atoms in total. The van der Waals surface area contributed by atoms with E-state index in [1.807, 2.05) is 0 Å². The van der Waals surface area contributed by atoms with E-state index in [1.54, 1.807) is 0 Å². The normalized spacial score (nSPS) is 11.0. The fourth-order valence-electron chi connectivity index (χ4n) is 2.87. The van der Waals surface area contributed by atoms with Crippen LogP contribution < -0.4 is 0 Å². The van der Waals surface area contributed by atoms with Crippen molar-refractivity contribution in [3.8, 4) is 11.3 Å². The first-order chi connectivity index (χ1) is 10.1. The molecule has 0 aliphatic heterocycles. The lowest BCUT2D eigenvalue weighted by Gasteiger charge is -2.10. The van der Waals surface area contributed by atoms with E-state index >= 15 is 0 Å². The smallest absolute Gasteiger partial charge is 0.0712 e. The molecule has 1 heteroatoms. The van der Waals surface area contributed by atoms with Gasteiger partial charge in [-0.1, -0.05) is 30.7 Å². The number of nitrogens with zero attached hydrogens (tertiary/aromatic N) is 1. The van der Waals surface area contributed by atoms with Crippen LogP contribution in [0.3, 0.4) is 0 Å². The van der Waals surface area contributed by atoms with Crippen molar-refractivity contribution in [2.75, 3.05) is 0 Å². The van der Waals surface area contributed by atoms with E-state index in [4.69, 9.17) is 4.98 Å². The third-order valence-corrected chi connectivity index (χ3v) is 4.20. The molecule has 3 rings (SSSR count).